The van der Waals surface area contributed by atoms with Gasteiger partial charge in [-0.2, -0.15) is 0 Å². The van der Waals surface area contributed by atoms with Gasteiger partial charge < -0.3 is 15.4 Å². The van der Waals surface area contributed by atoms with E-state index in [1.807, 2.05) is 0 Å². The summed E-state index contributed by atoms with van der Waals surface area (Å²) in [4.78, 5) is 30.2. The number of anilines is 2. The second-order valence-corrected chi connectivity index (χ2v) is 7.52. The molecule has 2 amide bonds. The monoisotopic (exact) mass is 446 g/mol. The Labute approximate surface area is 181 Å². The number of benzene rings is 2. The van der Waals surface area contributed by atoms with E-state index in [-0.39, 0.29) is 24.9 Å². The summed E-state index contributed by atoms with van der Waals surface area (Å²) >= 11 is 1.16. The summed E-state index contributed by atoms with van der Waals surface area (Å²) in [6.45, 7) is -0.0203. The van der Waals surface area contributed by atoms with E-state index in [2.05, 4.69) is 15.6 Å². The molecule has 7 nitrogen and oxygen atoms in total. The predicted molar refractivity (Wildman–Crippen MR) is 115 cm³/mol. The summed E-state index contributed by atoms with van der Waals surface area (Å²) in [5.41, 5.74) is 1.45. The number of rotatable bonds is 8. The molecule has 0 radical (unpaired) electrons. The molecular formula is C21H20F2N4O3S. The maximum Gasteiger partial charge on any atom is 0.240 e. The highest BCUT2D eigenvalue weighted by Crippen LogP contribution is 2.26. The van der Waals surface area contributed by atoms with Crippen LogP contribution >= 0.6 is 11.3 Å². The Balaban J connectivity index is 1.49. The van der Waals surface area contributed by atoms with Crippen LogP contribution in [0.5, 0.6) is 5.75 Å². The molecule has 0 spiro atoms. The van der Waals surface area contributed by atoms with E-state index in [1.54, 1.807) is 48.7 Å². The molecule has 0 aliphatic rings. The number of carbonyl (C=O) groups is 2. The lowest BCUT2D eigenvalue weighted by atomic mass is 10.2. The summed E-state index contributed by atoms with van der Waals surface area (Å²) in [7, 11) is 3.20. The molecule has 10 heteroatoms. The summed E-state index contributed by atoms with van der Waals surface area (Å²) < 4.78 is 31.5. The number of carbonyl (C=O) groups excluding carboxylic acids is 2. The summed E-state index contributed by atoms with van der Waals surface area (Å²) in [5.74, 6) is -1.85. The Kier molecular flexibility index (Phi) is 7.27. The molecule has 0 aliphatic heterocycles. The van der Waals surface area contributed by atoms with Crippen LogP contribution in [-0.2, 0) is 9.59 Å². The fourth-order valence-corrected chi connectivity index (χ4v) is 3.43. The third-order valence-electron chi connectivity index (χ3n) is 4.17. The van der Waals surface area contributed by atoms with Crippen LogP contribution in [0.3, 0.4) is 0 Å². The number of thiazole rings is 1. The molecule has 0 unspecified atom stereocenters. The molecule has 0 saturated heterocycles. The zero-order valence-electron chi connectivity index (χ0n) is 16.8. The molecular weight excluding hydrogens is 426 g/mol. The van der Waals surface area contributed by atoms with Gasteiger partial charge in [0.05, 0.1) is 25.9 Å². The van der Waals surface area contributed by atoms with Gasteiger partial charge in [0.25, 0.3) is 0 Å². The highest BCUT2D eigenvalue weighted by atomic mass is 32.1. The van der Waals surface area contributed by atoms with Crippen molar-refractivity contribution in [3.8, 4) is 17.0 Å². The van der Waals surface area contributed by atoms with Gasteiger partial charge in [0, 0.05) is 16.6 Å². The Morgan fingerprint density at radius 3 is 2.35 bits per heavy atom. The molecule has 3 aromatic rings. The maximum absolute atomic E-state index is 13.4. The van der Waals surface area contributed by atoms with Crippen LogP contribution in [0.2, 0.25) is 0 Å². The standard InChI is InChI=1S/C21H20F2N4O3S/c1-27(10-19(28)24-14-4-6-15(30-2)7-5-14)11-20(29)26-21-25-18(12-31-21)13-3-8-16(22)17(23)9-13/h3-9,12H,10-11H2,1-2H3,(H,24,28)(H,25,26,29). The van der Waals surface area contributed by atoms with Gasteiger partial charge in [0.1, 0.15) is 5.75 Å². The first kappa shape index (κ1) is 22.3. The number of ether oxygens (including phenoxy) is 1. The number of nitrogens with one attached hydrogen (secondary N) is 2. The van der Waals surface area contributed by atoms with E-state index in [1.165, 1.54) is 6.07 Å². The molecule has 0 bridgehead atoms. The molecule has 0 aliphatic carbocycles. The molecule has 162 valence electrons. The quantitative estimate of drug-likeness (QED) is 0.552. The van der Waals surface area contributed by atoms with Gasteiger partial charge in [-0.25, -0.2) is 13.8 Å². The molecule has 2 aromatic carbocycles. The normalized spacial score (nSPS) is 10.7. The third-order valence-corrected chi connectivity index (χ3v) is 4.92. The fraction of sp³-hybridized carbons (Fsp3) is 0.190. The zero-order valence-corrected chi connectivity index (χ0v) is 17.6. The number of likely N-dealkylation sites (N-methyl/N-ethyl adjacent to an activating group) is 1. The number of halogens is 2. The van der Waals surface area contributed by atoms with Crippen LogP contribution < -0.4 is 15.4 Å². The van der Waals surface area contributed by atoms with Crippen LogP contribution in [0, 0.1) is 11.6 Å². The third kappa shape index (κ3) is 6.30. The van der Waals surface area contributed by atoms with Crippen LogP contribution in [0.25, 0.3) is 11.3 Å². The molecule has 0 fully saturated rings. The van der Waals surface area contributed by atoms with Crippen molar-refractivity contribution in [3.05, 3.63) is 59.5 Å². The lowest BCUT2D eigenvalue weighted by Gasteiger charge is -2.15. The van der Waals surface area contributed by atoms with E-state index >= 15 is 0 Å². The molecule has 1 aromatic heterocycles. The van der Waals surface area contributed by atoms with Crippen molar-refractivity contribution < 1.29 is 23.1 Å². The fourth-order valence-electron chi connectivity index (χ4n) is 2.70. The number of hydrogen-bond donors (Lipinski definition) is 2. The van der Waals surface area contributed by atoms with Crippen molar-refractivity contribution in [3.63, 3.8) is 0 Å². The first-order valence-electron chi connectivity index (χ1n) is 9.17. The number of amides is 2. The van der Waals surface area contributed by atoms with Crippen molar-refractivity contribution in [1.29, 1.82) is 0 Å². The van der Waals surface area contributed by atoms with Crippen LogP contribution in [-0.4, -0.2) is 48.9 Å². The smallest absolute Gasteiger partial charge is 0.240 e. The van der Waals surface area contributed by atoms with Gasteiger partial charge in [-0.1, -0.05) is 0 Å². The van der Waals surface area contributed by atoms with E-state index in [4.69, 9.17) is 4.74 Å². The van der Waals surface area contributed by atoms with Crippen molar-refractivity contribution >= 4 is 34.0 Å². The summed E-state index contributed by atoms with van der Waals surface area (Å²) in [6.07, 6.45) is 0. The van der Waals surface area contributed by atoms with Gasteiger partial charge in [0.2, 0.25) is 11.8 Å². The Morgan fingerprint density at radius 2 is 1.71 bits per heavy atom. The number of methoxy groups -OCH3 is 1. The van der Waals surface area contributed by atoms with Crippen molar-refractivity contribution in [2.75, 3.05) is 37.9 Å². The van der Waals surface area contributed by atoms with Crippen LogP contribution in [0.15, 0.2) is 47.8 Å². The SMILES string of the molecule is COc1ccc(NC(=O)CN(C)CC(=O)Nc2nc(-c3ccc(F)c(F)c3)cs2)cc1. The summed E-state index contributed by atoms with van der Waals surface area (Å²) in [5, 5.41) is 7.33. The second kappa shape index (κ2) is 10.1. The first-order valence-corrected chi connectivity index (χ1v) is 10.1. The molecule has 31 heavy (non-hydrogen) atoms. The van der Waals surface area contributed by atoms with Gasteiger partial charge in [-0.15, -0.1) is 11.3 Å². The van der Waals surface area contributed by atoms with Crippen molar-refractivity contribution in [1.82, 2.24) is 9.88 Å². The van der Waals surface area contributed by atoms with Gasteiger partial charge in [-0.3, -0.25) is 14.5 Å². The van der Waals surface area contributed by atoms with E-state index < -0.39 is 11.6 Å². The van der Waals surface area contributed by atoms with Crippen LogP contribution in [0.1, 0.15) is 0 Å². The number of hydrogen-bond acceptors (Lipinski definition) is 6. The van der Waals surface area contributed by atoms with Gasteiger partial charge >= 0.3 is 0 Å². The summed E-state index contributed by atoms with van der Waals surface area (Å²) in [6, 6.07) is 10.4. The van der Waals surface area contributed by atoms with E-state index in [0.717, 1.165) is 23.5 Å². The van der Waals surface area contributed by atoms with Gasteiger partial charge in [-0.05, 0) is 49.5 Å². The van der Waals surface area contributed by atoms with Crippen LogP contribution in [0.4, 0.5) is 19.6 Å². The van der Waals surface area contributed by atoms with Crippen molar-refractivity contribution in [2.45, 2.75) is 0 Å². The molecule has 2 N–H and O–H groups in total. The van der Waals surface area contributed by atoms with Crippen molar-refractivity contribution in [2.24, 2.45) is 0 Å². The number of aromatic nitrogens is 1. The Morgan fingerprint density at radius 1 is 1.03 bits per heavy atom. The van der Waals surface area contributed by atoms with E-state index in [9.17, 15) is 18.4 Å². The maximum atomic E-state index is 13.4. The molecule has 0 saturated carbocycles. The topological polar surface area (TPSA) is 83.6 Å². The second-order valence-electron chi connectivity index (χ2n) is 6.66. The molecule has 3 rings (SSSR count). The highest BCUT2D eigenvalue weighted by molar-refractivity contribution is 7.14. The Bertz CT molecular complexity index is 1070. The minimum atomic E-state index is -0.967. The lowest BCUT2D eigenvalue weighted by Crippen LogP contribution is -2.36. The largest absolute Gasteiger partial charge is 0.497 e. The first-order chi connectivity index (χ1) is 14.8. The average Bonchev–Trinajstić information content (AvgIpc) is 3.18. The number of nitrogens with zero attached hydrogens (tertiary/aromatic N) is 2. The van der Waals surface area contributed by atoms with Gasteiger partial charge in [0.15, 0.2) is 16.8 Å². The minimum Gasteiger partial charge on any atom is -0.497 e. The predicted octanol–water partition coefficient (Wildman–Crippen LogP) is 3.61. The lowest BCUT2D eigenvalue weighted by molar-refractivity contribution is -0.119. The Hall–Kier alpha value is -3.37. The molecule has 1 heterocycles. The van der Waals surface area contributed by atoms with E-state index in [0.29, 0.717) is 27.8 Å². The zero-order chi connectivity index (χ0) is 22.4. The minimum absolute atomic E-state index is 0.0113. The average molecular weight is 446 g/mol. The molecule has 0 atom stereocenters. The highest BCUT2D eigenvalue weighted by Gasteiger charge is 2.14.